The second-order valence-electron chi connectivity index (χ2n) is 3.45. The standard InChI is InChI=1S/C10H13IN4/c1-4-12-8-5-6(2)13-10-9(11)7(3)14-15(8)10/h5,12H,4H2,1-3H3. The van der Waals surface area contributed by atoms with Gasteiger partial charge in [-0.2, -0.15) is 9.61 Å². The number of rotatable bonds is 2. The molecule has 0 saturated carbocycles. The third kappa shape index (κ3) is 1.80. The summed E-state index contributed by atoms with van der Waals surface area (Å²) in [6, 6.07) is 2.01. The van der Waals surface area contributed by atoms with Crippen LogP contribution in [0.15, 0.2) is 6.07 Å². The molecule has 0 amide bonds. The Kier molecular flexibility index (Phi) is 2.81. The van der Waals surface area contributed by atoms with Crippen molar-refractivity contribution in [1.82, 2.24) is 14.6 Å². The number of aryl methyl sites for hydroxylation is 2. The molecule has 0 atom stereocenters. The Hall–Kier alpha value is -0.850. The van der Waals surface area contributed by atoms with Gasteiger partial charge in [-0.3, -0.25) is 0 Å². The largest absolute Gasteiger partial charge is 0.370 e. The molecule has 0 aromatic carbocycles. The number of aromatic nitrogens is 3. The van der Waals surface area contributed by atoms with Gasteiger partial charge in [0, 0.05) is 18.3 Å². The Morgan fingerprint density at radius 3 is 2.87 bits per heavy atom. The zero-order valence-electron chi connectivity index (χ0n) is 9.00. The minimum absolute atomic E-state index is 0.883. The number of nitrogens with one attached hydrogen (secondary N) is 1. The van der Waals surface area contributed by atoms with Crippen LogP contribution in [0.25, 0.3) is 5.65 Å². The quantitative estimate of drug-likeness (QED) is 0.865. The molecule has 0 unspecified atom stereocenters. The predicted molar refractivity (Wildman–Crippen MR) is 69.3 cm³/mol. The molecule has 1 N–H and O–H groups in total. The summed E-state index contributed by atoms with van der Waals surface area (Å²) in [7, 11) is 0. The minimum Gasteiger partial charge on any atom is -0.370 e. The summed E-state index contributed by atoms with van der Waals surface area (Å²) in [5, 5.41) is 7.75. The van der Waals surface area contributed by atoms with Gasteiger partial charge in [-0.15, -0.1) is 0 Å². The molecule has 2 heterocycles. The molecule has 0 aliphatic rings. The third-order valence-electron chi connectivity index (χ3n) is 2.18. The van der Waals surface area contributed by atoms with Crippen LogP contribution in [0, 0.1) is 17.4 Å². The van der Waals surface area contributed by atoms with Gasteiger partial charge in [-0.1, -0.05) is 0 Å². The van der Waals surface area contributed by atoms with Gasteiger partial charge in [0.2, 0.25) is 0 Å². The highest BCUT2D eigenvalue weighted by atomic mass is 127. The lowest BCUT2D eigenvalue weighted by molar-refractivity contribution is 0.905. The molecule has 15 heavy (non-hydrogen) atoms. The van der Waals surface area contributed by atoms with E-state index >= 15 is 0 Å². The van der Waals surface area contributed by atoms with Crippen molar-refractivity contribution in [2.45, 2.75) is 20.8 Å². The Bertz CT molecular complexity index is 504. The first-order valence-corrected chi connectivity index (χ1v) is 5.97. The lowest BCUT2D eigenvalue weighted by atomic mass is 10.4. The van der Waals surface area contributed by atoms with E-state index < -0.39 is 0 Å². The maximum Gasteiger partial charge on any atom is 0.171 e. The highest BCUT2D eigenvalue weighted by molar-refractivity contribution is 14.1. The molecule has 0 aliphatic heterocycles. The van der Waals surface area contributed by atoms with E-state index in [4.69, 9.17) is 0 Å². The highest BCUT2D eigenvalue weighted by Gasteiger charge is 2.11. The Balaban J connectivity index is 2.74. The fourth-order valence-electron chi connectivity index (χ4n) is 1.53. The van der Waals surface area contributed by atoms with Gasteiger partial charge in [0.25, 0.3) is 0 Å². The topological polar surface area (TPSA) is 42.2 Å². The second-order valence-corrected chi connectivity index (χ2v) is 4.53. The number of hydrogen-bond donors (Lipinski definition) is 1. The maximum atomic E-state index is 4.49. The summed E-state index contributed by atoms with van der Waals surface area (Å²) < 4.78 is 2.99. The molecular formula is C10H13IN4. The first kappa shape index (κ1) is 10.7. The summed E-state index contributed by atoms with van der Waals surface area (Å²) in [6.45, 7) is 6.96. The Morgan fingerprint density at radius 1 is 1.47 bits per heavy atom. The molecule has 0 fully saturated rings. The van der Waals surface area contributed by atoms with Crippen LogP contribution in [0.1, 0.15) is 18.3 Å². The van der Waals surface area contributed by atoms with E-state index in [2.05, 4.69) is 44.9 Å². The van der Waals surface area contributed by atoms with Crippen LogP contribution in [0.2, 0.25) is 0 Å². The molecule has 80 valence electrons. The van der Waals surface area contributed by atoms with Crippen LogP contribution >= 0.6 is 22.6 Å². The van der Waals surface area contributed by atoms with E-state index in [1.807, 2.05) is 24.4 Å². The Morgan fingerprint density at radius 2 is 2.20 bits per heavy atom. The van der Waals surface area contributed by atoms with E-state index in [-0.39, 0.29) is 0 Å². The summed E-state index contributed by atoms with van der Waals surface area (Å²) in [5.41, 5.74) is 2.97. The first-order chi connectivity index (χ1) is 7.13. The van der Waals surface area contributed by atoms with E-state index in [1.54, 1.807) is 0 Å². The van der Waals surface area contributed by atoms with Crippen LogP contribution < -0.4 is 5.32 Å². The monoisotopic (exact) mass is 316 g/mol. The van der Waals surface area contributed by atoms with Crippen LogP contribution in [0.4, 0.5) is 5.82 Å². The smallest absolute Gasteiger partial charge is 0.171 e. The average Bonchev–Trinajstić information content (AvgIpc) is 2.46. The van der Waals surface area contributed by atoms with Gasteiger partial charge in [0.05, 0.1) is 9.26 Å². The number of hydrogen-bond acceptors (Lipinski definition) is 3. The lowest BCUT2D eigenvalue weighted by Crippen LogP contribution is -2.05. The van der Waals surface area contributed by atoms with Crippen molar-refractivity contribution in [3.05, 3.63) is 21.0 Å². The van der Waals surface area contributed by atoms with Crippen molar-refractivity contribution in [3.8, 4) is 0 Å². The summed E-state index contributed by atoms with van der Waals surface area (Å²) in [6.07, 6.45) is 0. The predicted octanol–water partition coefficient (Wildman–Crippen LogP) is 2.38. The molecule has 2 aromatic rings. The molecule has 0 aliphatic carbocycles. The summed E-state index contributed by atoms with van der Waals surface area (Å²) in [5.74, 6) is 1.01. The van der Waals surface area contributed by atoms with Crippen molar-refractivity contribution in [2.24, 2.45) is 0 Å². The molecule has 2 aromatic heterocycles. The van der Waals surface area contributed by atoms with Gasteiger partial charge >= 0.3 is 0 Å². The maximum absolute atomic E-state index is 4.49. The Labute approximate surface area is 102 Å². The van der Waals surface area contributed by atoms with Crippen molar-refractivity contribution in [2.75, 3.05) is 11.9 Å². The minimum atomic E-state index is 0.883. The SMILES string of the molecule is CCNc1cc(C)nc2c(I)c(C)nn12. The van der Waals surface area contributed by atoms with E-state index in [1.165, 1.54) is 0 Å². The average molecular weight is 316 g/mol. The highest BCUT2D eigenvalue weighted by Crippen LogP contribution is 2.20. The normalized spacial score (nSPS) is 10.9. The fraction of sp³-hybridized carbons (Fsp3) is 0.400. The lowest BCUT2D eigenvalue weighted by Gasteiger charge is -2.06. The molecule has 2 rings (SSSR count). The van der Waals surface area contributed by atoms with Crippen molar-refractivity contribution < 1.29 is 0 Å². The van der Waals surface area contributed by atoms with E-state index in [0.29, 0.717) is 0 Å². The van der Waals surface area contributed by atoms with Crippen molar-refractivity contribution in [3.63, 3.8) is 0 Å². The number of fused-ring (bicyclic) bond motifs is 1. The molecule has 0 saturated heterocycles. The molecule has 5 heteroatoms. The summed E-state index contributed by atoms with van der Waals surface area (Å²) >= 11 is 2.29. The molecule has 4 nitrogen and oxygen atoms in total. The molecule has 0 bridgehead atoms. The van der Waals surface area contributed by atoms with Gasteiger partial charge in [-0.05, 0) is 43.4 Å². The fourth-order valence-corrected chi connectivity index (χ4v) is 1.98. The van der Waals surface area contributed by atoms with Crippen LogP contribution in [0.5, 0.6) is 0 Å². The zero-order chi connectivity index (χ0) is 11.0. The molecular weight excluding hydrogens is 303 g/mol. The van der Waals surface area contributed by atoms with Crippen LogP contribution in [-0.4, -0.2) is 21.1 Å². The number of anilines is 1. The molecule has 0 radical (unpaired) electrons. The van der Waals surface area contributed by atoms with Gasteiger partial charge in [0.1, 0.15) is 5.82 Å². The second kappa shape index (κ2) is 3.96. The van der Waals surface area contributed by atoms with Crippen LogP contribution in [-0.2, 0) is 0 Å². The molecule has 0 spiro atoms. The van der Waals surface area contributed by atoms with Gasteiger partial charge in [-0.25, -0.2) is 4.98 Å². The zero-order valence-corrected chi connectivity index (χ0v) is 11.2. The van der Waals surface area contributed by atoms with Gasteiger partial charge in [0.15, 0.2) is 5.65 Å². The third-order valence-corrected chi connectivity index (χ3v) is 3.44. The van der Waals surface area contributed by atoms with Crippen molar-refractivity contribution in [1.29, 1.82) is 0 Å². The number of nitrogens with zero attached hydrogens (tertiary/aromatic N) is 3. The van der Waals surface area contributed by atoms with Gasteiger partial charge < -0.3 is 5.32 Å². The first-order valence-electron chi connectivity index (χ1n) is 4.90. The number of halogens is 1. The van der Waals surface area contributed by atoms with E-state index in [9.17, 15) is 0 Å². The summed E-state index contributed by atoms with van der Waals surface area (Å²) in [4.78, 5) is 4.49. The van der Waals surface area contributed by atoms with Crippen molar-refractivity contribution >= 4 is 34.1 Å². The van der Waals surface area contributed by atoms with Crippen LogP contribution in [0.3, 0.4) is 0 Å². The van der Waals surface area contributed by atoms with E-state index in [0.717, 1.165) is 33.0 Å².